The highest BCUT2D eigenvalue weighted by Gasteiger charge is 2.16. The minimum absolute atomic E-state index is 0.0822. The van der Waals surface area contributed by atoms with E-state index in [1.807, 2.05) is 0 Å². The first-order valence-electron chi connectivity index (χ1n) is 10.1. The molecule has 1 amide bonds. The molecule has 0 saturated carbocycles. The van der Waals surface area contributed by atoms with E-state index in [1.54, 1.807) is 48.5 Å². The number of carbonyl (C=O) groups excluding carboxylic acids is 2. The Morgan fingerprint density at radius 1 is 0.882 bits per heavy atom. The number of nitrogens with two attached hydrogens (primary N) is 1. The molecule has 0 atom stereocenters. The third kappa shape index (κ3) is 5.68. The van der Waals surface area contributed by atoms with E-state index in [0.29, 0.717) is 16.9 Å². The molecule has 170 valence electrons. The normalized spacial score (nSPS) is 10.4. The SMILES string of the molecule is Nc1nc(COC(=O)c2ccccc2NC(=O)c2ccccc2)nc(Nc2ccc(F)cc2)n1. The summed E-state index contributed by atoms with van der Waals surface area (Å²) in [4.78, 5) is 37.3. The number of halogens is 1. The molecule has 4 aromatic rings. The van der Waals surface area contributed by atoms with Gasteiger partial charge in [0.1, 0.15) is 5.82 Å². The van der Waals surface area contributed by atoms with Crippen LogP contribution in [0.3, 0.4) is 0 Å². The molecule has 4 N–H and O–H groups in total. The van der Waals surface area contributed by atoms with Crippen LogP contribution in [0.2, 0.25) is 0 Å². The van der Waals surface area contributed by atoms with Crippen molar-refractivity contribution in [2.45, 2.75) is 6.61 Å². The van der Waals surface area contributed by atoms with Gasteiger partial charge in [-0.1, -0.05) is 30.3 Å². The smallest absolute Gasteiger partial charge is 0.340 e. The van der Waals surface area contributed by atoms with Crippen molar-refractivity contribution in [2.75, 3.05) is 16.4 Å². The standard InChI is InChI=1S/C24H19FN6O3/c25-16-10-12-17(13-11-16)27-24-30-20(29-23(26)31-24)14-34-22(33)18-8-4-5-9-19(18)28-21(32)15-6-2-1-3-7-15/h1-13H,14H2,(H,28,32)(H3,26,27,29,30,31). The highest BCUT2D eigenvalue weighted by molar-refractivity contribution is 6.07. The number of nitrogens with zero attached hydrogens (tertiary/aromatic N) is 3. The van der Waals surface area contributed by atoms with Crippen molar-refractivity contribution in [3.63, 3.8) is 0 Å². The fourth-order valence-electron chi connectivity index (χ4n) is 2.98. The molecule has 0 aliphatic carbocycles. The molecule has 3 aromatic carbocycles. The second-order valence-corrected chi connectivity index (χ2v) is 7.01. The van der Waals surface area contributed by atoms with E-state index < -0.39 is 5.97 Å². The predicted octanol–water partition coefficient (Wildman–Crippen LogP) is 3.95. The molecule has 0 aliphatic rings. The van der Waals surface area contributed by atoms with Crippen LogP contribution in [0.15, 0.2) is 78.9 Å². The molecule has 0 spiro atoms. The van der Waals surface area contributed by atoms with Crippen LogP contribution in [0, 0.1) is 5.82 Å². The number of benzene rings is 3. The van der Waals surface area contributed by atoms with Crippen molar-refractivity contribution < 1.29 is 18.7 Å². The minimum atomic E-state index is -0.684. The quantitative estimate of drug-likeness (QED) is 0.355. The van der Waals surface area contributed by atoms with Gasteiger partial charge in [-0.05, 0) is 48.5 Å². The van der Waals surface area contributed by atoms with Crippen molar-refractivity contribution in [3.8, 4) is 0 Å². The van der Waals surface area contributed by atoms with Crippen LogP contribution in [0.1, 0.15) is 26.5 Å². The number of para-hydroxylation sites is 1. The lowest BCUT2D eigenvalue weighted by Crippen LogP contribution is -2.16. The number of hydrogen-bond acceptors (Lipinski definition) is 8. The maximum atomic E-state index is 13.1. The number of rotatable bonds is 7. The van der Waals surface area contributed by atoms with E-state index >= 15 is 0 Å². The van der Waals surface area contributed by atoms with Crippen molar-refractivity contribution >= 4 is 35.1 Å². The van der Waals surface area contributed by atoms with Gasteiger partial charge in [-0.3, -0.25) is 4.79 Å². The van der Waals surface area contributed by atoms with E-state index in [-0.39, 0.29) is 41.6 Å². The molecule has 0 fully saturated rings. The third-order valence-corrected chi connectivity index (χ3v) is 4.56. The van der Waals surface area contributed by atoms with Gasteiger partial charge in [0.25, 0.3) is 5.91 Å². The Labute approximate surface area is 193 Å². The molecule has 0 unspecified atom stereocenters. The number of nitrogen functional groups attached to an aromatic ring is 1. The number of aromatic nitrogens is 3. The predicted molar refractivity (Wildman–Crippen MR) is 124 cm³/mol. The third-order valence-electron chi connectivity index (χ3n) is 4.56. The lowest BCUT2D eigenvalue weighted by Gasteiger charge is -2.11. The average Bonchev–Trinajstić information content (AvgIpc) is 2.84. The first kappa shape index (κ1) is 22.3. The van der Waals surface area contributed by atoms with Crippen LogP contribution in [-0.4, -0.2) is 26.8 Å². The van der Waals surface area contributed by atoms with Crippen LogP contribution >= 0.6 is 0 Å². The zero-order valence-electron chi connectivity index (χ0n) is 17.7. The number of esters is 1. The van der Waals surface area contributed by atoms with Crippen LogP contribution in [0.5, 0.6) is 0 Å². The van der Waals surface area contributed by atoms with E-state index in [9.17, 15) is 14.0 Å². The second-order valence-electron chi connectivity index (χ2n) is 7.01. The lowest BCUT2D eigenvalue weighted by molar-refractivity contribution is 0.0463. The molecular formula is C24H19FN6O3. The highest BCUT2D eigenvalue weighted by atomic mass is 19.1. The molecule has 4 rings (SSSR count). The molecular weight excluding hydrogens is 439 g/mol. The van der Waals surface area contributed by atoms with E-state index in [0.717, 1.165) is 0 Å². The molecule has 9 nitrogen and oxygen atoms in total. The molecule has 1 aromatic heterocycles. The van der Waals surface area contributed by atoms with Gasteiger partial charge in [-0.2, -0.15) is 15.0 Å². The van der Waals surface area contributed by atoms with Gasteiger partial charge in [0, 0.05) is 11.3 Å². The van der Waals surface area contributed by atoms with Crippen molar-refractivity contribution in [1.29, 1.82) is 0 Å². The average molecular weight is 458 g/mol. The highest BCUT2D eigenvalue weighted by Crippen LogP contribution is 2.19. The zero-order valence-corrected chi connectivity index (χ0v) is 17.7. The van der Waals surface area contributed by atoms with Gasteiger partial charge in [0.2, 0.25) is 11.9 Å². The number of nitrogens with one attached hydrogen (secondary N) is 2. The Hall–Kier alpha value is -4.86. The summed E-state index contributed by atoms with van der Waals surface area (Å²) in [6.45, 7) is -0.287. The molecule has 0 aliphatic heterocycles. The first-order valence-corrected chi connectivity index (χ1v) is 10.1. The zero-order chi connectivity index (χ0) is 23.9. The number of carbonyl (C=O) groups is 2. The minimum Gasteiger partial charge on any atom is -0.454 e. The van der Waals surface area contributed by atoms with Crippen molar-refractivity contribution in [1.82, 2.24) is 15.0 Å². The maximum Gasteiger partial charge on any atom is 0.340 e. The van der Waals surface area contributed by atoms with E-state index in [4.69, 9.17) is 10.5 Å². The second kappa shape index (κ2) is 10.2. The Balaban J connectivity index is 1.44. The first-order chi connectivity index (χ1) is 16.5. The lowest BCUT2D eigenvalue weighted by atomic mass is 10.1. The van der Waals surface area contributed by atoms with Crippen LogP contribution in [0.25, 0.3) is 0 Å². The Kier molecular flexibility index (Phi) is 6.68. The largest absolute Gasteiger partial charge is 0.454 e. The number of hydrogen-bond donors (Lipinski definition) is 3. The summed E-state index contributed by atoms with van der Waals surface area (Å²) < 4.78 is 18.4. The van der Waals surface area contributed by atoms with Crippen LogP contribution in [-0.2, 0) is 11.3 Å². The van der Waals surface area contributed by atoms with Gasteiger partial charge in [0.05, 0.1) is 11.3 Å². The van der Waals surface area contributed by atoms with Gasteiger partial charge < -0.3 is 21.1 Å². The Bertz CT molecular complexity index is 1320. The summed E-state index contributed by atoms with van der Waals surface area (Å²) in [5.74, 6) is -1.29. The summed E-state index contributed by atoms with van der Waals surface area (Å²) in [5.41, 5.74) is 7.20. The molecule has 1 heterocycles. The van der Waals surface area contributed by atoms with Gasteiger partial charge in [0.15, 0.2) is 12.4 Å². The summed E-state index contributed by atoms with van der Waals surface area (Å²) >= 11 is 0. The molecule has 10 heteroatoms. The number of anilines is 4. The van der Waals surface area contributed by atoms with Crippen LogP contribution < -0.4 is 16.4 Å². The van der Waals surface area contributed by atoms with Gasteiger partial charge in [-0.15, -0.1) is 0 Å². The Morgan fingerprint density at radius 2 is 1.59 bits per heavy atom. The summed E-state index contributed by atoms with van der Waals surface area (Å²) in [7, 11) is 0. The Morgan fingerprint density at radius 3 is 2.35 bits per heavy atom. The number of amides is 1. The number of ether oxygens (including phenoxy) is 1. The van der Waals surface area contributed by atoms with E-state index in [2.05, 4.69) is 25.6 Å². The van der Waals surface area contributed by atoms with Crippen LogP contribution in [0.4, 0.5) is 27.7 Å². The van der Waals surface area contributed by atoms with Gasteiger partial charge in [-0.25, -0.2) is 9.18 Å². The van der Waals surface area contributed by atoms with Crippen molar-refractivity contribution in [2.24, 2.45) is 0 Å². The fraction of sp³-hybridized carbons (Fsp3) is 0.0417. The summed E-state index contributed by atoms with van der Waals surface area (Å²) in [6, 6.07) is 20.7. The molecule has 0 bridgehead atoms. The monoisotopic (exact) mass is 458 g/mol. The fourth-order valence-corrected chi connectivity index (χ4v) is 2.98. The maximum absolute atomic E-state index is 13.1. The summed E-state index contributed by atoms with van der Waals surface area (Å²) in [6.07, 6.45) is 0. The molecule has 34 heavy (non-hydrogen) atoms. The van der Waals surface area contributed by atoms with E-state index in [1.165, 1.54) is 30.3 Å². The summed E-state index contributed by atoms with van der Waals surface area (Å²) in [5, 5.41) is 5.60. The molecule has 0 radical (unpaired) electrons. The topological polar surface area (TPSA) is 132 Å². The van der Waals surface area contributed by atoms with Crippen molar-refractivity contribution in [3.05, 3.63) is 102 Å². The molecule has 0 saturated heterocycles. The van der Waals surface area contributed by atoms with Gasteiger partial charge >= 0.3 is 5.97 Å².